The zero-order valence-corrected chi connectivity index (χ0v) is 11.6. The lowest BCUT2D eigenvalue weighted by Gasteiger charge is -2.05. The number of rotatable bonds is 2. The van der Waals surface area contributed by atoms with Crippen LogP contribution in [0.5, 0.6) is 0 Å². The molecule has 4 nitrogen and oxygen atoms in total. The van der Waals surface area contributed by atoms with Crippen LogP contribution in [-0.4, -0.2) is 14.5 Å². The molecule has 3 rings (SSSR count). The molecule has 0 radical (unpaired) electrons. The van der Waals surface area contributed by atoms with Crippen molar-refractivity contribution in [1.82, 2.24) is 14.5 Å². The van der Waals surface area contributed by atoms with E-state index in [4.69, 9.17) is 16.9 Å². The molecule has 3 aromatic rings. The second kappa shape index (κ2) is 4.95. The summed E-state index contributed by atoms with van der Waals surface area (Å²) in [7, 11) is 0. The molecule has 0 aliphatic heterocycles. The molecule has 0 unspecified atom stereocenters. The summed E-state index contributed by atoms with van der Waals surface area (Å²) in [4.78, 5) is 8.97. The molecule has 0 aliphatic carbocycles. The van der Waals surface area contributed by atoms with Crippen molar-refractivity contribution < 1.29 is 0 Å². The molecule has 0 N–H and O–H groups in total. The van der Waals surface area contributed by atoms with Gasteiger partial charge in [0.15, 0.2) is 5.65 Å². The van der Waals surface area contributed by atoms with Crippen LogP contribution < -0.4 is 0 Å². The summed E-state index contributed by atoms with van der Waals surface area (Å²) in [6, 6.07) is 11.6. The predicted molar refractivity (Wildman–Crippen MR) is 78.3 cm³/mol. The smallest absolute Gasteiger partial charge is 0.161 e. The van der Waals surface area contributed by atoms with Crippen molar-refractivity contribution in [3.63, 3.8) is 0 Å². The second-order valence-electron chi connectivity index (χ2n) is 4.51. The molecular weight excluding hydrogens is 272 g/mol. The van der Waals surface area contributed by atoms with Crippen LogP contribution in [0.3, 0.4) is 0 Å². The molecule has 2 heterocycles. The zero-order chi connectivity index (χ0) is 14.1. The summed E-state index contributed by atoms with van der Waals surface area (Å²) >= 11 is 6.23. The van der Waals surface area contributed by atoms with Gasteiger partial charge in [-0.05, 0) is 30.7 Å². The highest BCUT2D eigenvalue weighted by Gasteiger charge is 2.15. The van der Waals surface area contributed by atoms with Crippen LogP contribution in [-0.2, 0) is 6.54 Å². The molecule has 0 spiro atoms. The second-order valence-corrected chi connectivity index (χ2v) is 4.92. The fraction of sp³-hybridized carbons (Fsp3) is 0.133. The molecule has 0 atom stereocenters. The van der Waals surface area contributed by atoms with Crippen LogP contribution in [0.1, 0.15) is 5.56 Å². The first-order chi connectivity index (χ1) is 9.70. The lowest BCUT2D eigenvalue weighted by Crippen LogP contribution is -2.00. The minimum absolute atomic E-state index is 0.188. The lowest BCUT2D eigenvalue weighted by atomic mass is 10.2. The average molecular weight is 283 g/mol. The third-order valence-corrected chi connectivity index (χ3v) is 3.39. The molecule has 0 aliphatic rings. The molecule has 5 heteroatoms. The third kappa shape index (κ3) is 2.02. The molecule has 0 bridgehead atoms. The Kier molecular flexibility index (Phi) is 3.13. The Morgan fingerprint density at radius 1 is 1.35 bits per heavy atom. The minimum Gasteiger partial charge on any atom is -0.295 e. The van der Waals surface area contributed by atoms with E-state index >= 15 is 0 Å². The third-order valence-electron chi connectivity index (χ3n) is 3.07. The minimum atomic E-state index is 0.188. The Bertz CT molecular complexity index is 829. The van der Waals surface area contributed by atoms with Gasteiger partial charge in [-0.1, -0.05) is 23.7 Å². The van der Waals surface area contributed by atoms with E-state index in [-0.39, 0.29) is 6.54 Å². The number of fused-ring (bicyclic) bond motifs is 1. The number of aromatic nitrogens is 3. The number of hydrogen-bond donors (Lipinski definition) is 0. The van der Waals surface area contributed by atoms with Crippen LogP contribution in [0.25, 0.3) is 22.6 Å². The highest BCUT2D eigenvalue weighted by atomic mass is 35.5. The van der Waals surface area contributed by atoms with Gasteiger partial charge < -0.3 is 0 Å². The number of aryl methyl sites for hydroxylation is 1. The predicted octanol–water partition coefficient (Wildman–Crippen LogP) is 3.58. The van der Waals surface area contributed by atoms with Crippen LogP contribution in [0.15, 0.2) is 36.5 Å². The van der Waals surface area contributed by atoms with Gasteiger partial charge in [-0.15, -0.1) is 0 Å². The molecule has 98 valence electrons. The van der Waals surface area contributed by atoms with E-state index in [1.54, 1.807) is 10.8 Å². The molecule has 0 saturated carbocycles. The van der Waals surface area contributed by atoms with Gasteiger partial charge in [0.25, 0.3) is 0 Å². The molecule has 0 fully saturated rings. The van der Waals surface area contributed by atoms with Crippen molar-refractivity contribution in [3.05, 3.63) is 47.1 Å². The molecule has 1 aromatic carbocycles. The van der Waals surface area contributed by atoms with Crippen molar-refractivity contribution in [1.29, 1.82) is 5.26 Å². The number of pyridine rings is 1. The van der Waals surface area contributed by atoms with Crippen LogP contribution in [0.2, 0.25) is 5.02 Å². The van der Waals surface area contributed by atoms with E-state index in [9.17, 15) is 0 Å². The Morgan fingerprint density at radius 2 is 2.15 bits per heavy atom. The van der Waals surface area contributed by atoms with Gasteiger partial charge in [0.2, 0.25) is 0 Å². The molecule has 20 heavy (non-hydrogen) atoms. The fourth-order valence-corrected chi connectivity index (χ4v) is 2.40. The Labute approximate surface area is 121 Å². The summed E-state index contributed by atoms with van der Waals surface area (Å²) in [5.74, 6) is 0.672. The first-order valence-electron chi connectivity index (χ1n) is 6.15. The van der Waals surface area contributed by atoms with E-state index in [2.05, 4.69) is 16.0 Å². The van der Waals surface area contributed by atoms with E-state index in [1.165, 1.54) is 0 Å². The average Bonchev–Trinajstić information content (AvgIpc) is 2.77. The van der Waals surface area contributed by atoms with Crippen LogP contribution in [0, 0.1) is 18.3 Å². The van der Waals surface area contributed by atoms with Crippen molar-refractivity contribution in [2.24, 2.45) is 0 Å². The highest BCUT2D eigenvalue weighted by molar-refractivity contribution is 6.33. The van der Waals surface area contributed by atoms with Gasteiger partial charge in [-0.2, -0.15) is 5.26 Å². The largest absolute Gasteiger partial charge is 0.295 e. The maximum Gasteiger partial charge on any atom is 0.161 e. The molecule has 2 aromatic heterocycles. The lowest BCUT2D eigenvalue weighted by molar-refractivity contribution is 0.858. The van der Waals surface area contributed by atoms with Gasteiger partial charge in [0.05, 0.1) is 11.1 Å². The van der Waals surface area contributed by atoms with Crippen molar-refractivity contribution in [3.8, 4) is 17.5 Å². The molecule has 0 amide bonds. The number of benzene rings is 1. The van der Waals surface area contributed by atoms with Crippen molar-refractivity contribution in [2.75, 3.05) is 0 Å². The Hall–Kier alpha value is -2.38. The maximum atomic E-state index is 9.03. The van der Waals surface area contributed by atoms with Gasteiger partial charge in [0, 0.05) is 11.8 Å². The summed E-state index contributed by atoms with van der Waals surface area (Å²) in [5.41, 5.74) is 3.31. The van der Waals surface area contributed by atoms with Gasteiger partial charge >= 0.3 is 0 Å². The van der Waals surface area contributed by atoms with E-state index < -0.39 is 0 Å². The quantitative estimate of drug-likeness (QED) is 0.722. The molecule has 0 saturated heterocycles. The summed E-state index contributed by atoms with van der Waals surface area (Å²) in [6.45, 7) is 2.15. The van der Waals surface area contributed by atoms with Crippen LogP contribution in [0.4, 0.5) is 0 Å². The summed E-state index contributed by atoms with van der Waals surface area (Å²) < 4.78 is 1.79. The first kappa shape index (κ1) is 12.6. The maximum absolute atomic E-state index is 9.03. The van der Waals surface area contributed by atoms with E-state index in [0.717, 1.165) is 16.6 Å². The fourth-order valence-electron chi connectivity index (χ4n) is 2.18. The summed E-state index contributed by atoms with van der Waals surface area (Å²) in [6.07, 6.45) is 1.77. The van der Waals surface area contributed by atoms with Gasteiger partial charge in [0.1, 0.15) is 17.9 Å². The SMILES string of the molecule is Cc1cnc2c(c1)nc(-c1ccccc1Cl)n2CC#N. The number of imidazole rings is 1. The van der Waals surface area contributed by atoms with Crippen LogP contribution >= 0.6 is 11.6 Å². The van der Waals surface area contributed by atoms with E-state index in [0.29, 0.717) is 16.5 Å². The number of hydrogen-bond acceptors (Lipinski definition) is 3. The standard InChI is InChI=1S/C15H11ClN4/c1-10-8-13-15(18-9-10)20(7-6-17)14(19-13)11-4-2-3-5-12(11)16/h2-5,8-9H,7H2,1H3. The number of nitrogens with zero attached hydrogens (tertiary/aromatic N) is 4. The van der Waals surface area contributed by atoms with Gasteiger partial charge in [-0.25, -0.2) is 9.97 Å². The topological polar surface area (TPSA) is 54.5 Å². The number of halogens is 1. The normalized spacial score (nSPS) is 10.7. The Balaban J connectivity index is 2.32. The Morgan fingerprint density at radius 3 is 2.90 bits per heavy atom. The summed E-state index contributed by atoms with van der Waals surface area (Å²) in [5, 5.41) is 9.64. The monoisotopic (exact) mass is 282 g/mol. The first-order valence-corrected chi connectivity index (χ1v) is 6.53. The van der Waals surface area contributed by atoms with Gasteiger partial charge in [-0.3, -0.25) is 4.57 Å². The van der Waals surface area contributed by atoms with Crippen molar-refractivity contribution >= 4 is 22.8 Å². The zero-order valence-electron chi connectivity index (χ0n) is 10.8. The van der Waals surface area contributed by atoms with E-state index in [1.807, 2.05) is 37.3 Å². The van der Waals surface area contributed by atoms with Crippen molar-refractivity contribution in [2.45, 2.75) is 13.5 Å². The highest BCUT2D eigenvalue weighted by Crippen LogP contribution is 2.29. The number of nitriles is 1. The molecular formula is C15H11ClN4.